The van der Waals surface area contributed by atoms with Gasteiger partial charge >= 0.3 is 5.97 Å². The van der Waals surface area contributed by atoms with Crippen molar-refractivity contribution in [3.05, 3.63) is 84.2 Å². The van der Waals surface area contributed by atoms with Gasteiger partial charge in [0.1, 0.15) is 11.6 Å². The lowest BCUT2D eigenvalue weighted by molar-refractivity contribution is -0.134. The lowest BCUT2D eigenvalue weighted by Gasteiger charge is -2.36. The molecule has 0 spiro atoms. The number of hydrogen-bond acceptors (Lipinski definition) is 5. The van der Waals surface area contributed by atoms with Crippen molar-refractivity contribution in [3.63, 3.8) is 0 Å². The molecule has 7 nitrogen and oxygen atoms in total. The van der Waals surface area contributed by atoms with E-state index in [1.54, 1.807) is 41.3 Å². The maximum absolute atomic E-state index is 14.0. The molecule has 2 heterocycles. The van der Waals surface area contributed by atoms with Gasteiger partial charge in [-0.25, -0.2) is 14.2 Å². The molecule has 1 N–H and O–H groups in total. The van der Waals surface area contributed by atoms with Gasteiger partial charge in [0.2, 0.25) is 0 Å². The molecule has 4 aromatic rings. The molecular weight excluding hydrogens is 435 g/mol. The Morgan fingerprint density at radius 1 is 0.941 bits per heavy atom. The first-order valence-corrected chi connectivity index (χ1v) is 11.1. The normalized spacial score (nSPS) is 13.8. The molecule has 3 aromatic carbocycles. The number of amides is 1. The number of carbonyl (C=O) groups is 2. The van der Waals surface area contributed by atoms with Gasteiger partial charge < -0.3 is 19.5 Å². The third-order valence-corrected chi connectivity index (χ3v) is 5.92. The van der Waals surface area contributed by atoms with Crippen LogP contribution in [-0.2, 0) is 9.53 Å². The number of aromatic nitrogens is 2. The number of hydrogen-bond donors (Lipinski definition) is 1. The highest BCUT2D eigenvalue weighted by atomic mass is 19.1. The Morgan fingerprint density at radius 3 is 2.44 bits per heavy atom. The molecule has 1 fully saturated rings. The fourth-order valence-corrected chi connectivity index (χ4v) is 4.08. The van der Waals surface area contributed by atoms with E-state index in [2.05, 4.69) is 9.97 Å². The molecule has 1 amide bonds. The lowest BCUT2D eigenvalue weighted by Crippen LogP contribution is -2.50. The Hall–Kier alpha value is -4.20. The van der Waals surface area contributed by atoms with E-state index in [9.17, 15) is 14.0 Å². The fraction of sp³-hybridized carbons (Fsp3) is 0.192. The van der Waals surface area contributed by atoms with Gasteiger partial charge in [-0.1, -0.05) is 42.5 Å². The molecule has 0 aliphatic carbocycles. The first-order valence-electron chi connectivity index (χ1n) is 11.1. The van der Waals surface area contributed by atoms with Crippen LogP contribution in [0.1, 0.15) is 10.4 Å². The van der Waals surface area contributed by atoms with Crippen LogP contribution in [0.3, 0.4) is 0 Å². The molecule has 34 heavy (non-hydrogen) atoms. The summed E-state index contributed by atoms with van der Waals surface area (Å²) >= 11 is 0. The number of anilines is 1. The van der Waals surface area contributed by atoms with Gasteiger partial charge in [0.15, 0.2) is 6.61 Å². The van der Waals surface area contributed by atoms with Crippen molar-refractivity contribution in [2.24, 2.45) is 0 Å². The molecule has 0 radical (unpaired) electrons. The molecule has 1 aliphatic heterocycles. The van der Waals surface area contributed by atoms with Crippen LogP contribution in [0.25, 0.3) is 22.4 Å². The van der Waals surface area contributed by atoms with E-state index in [0.717, 1.165) is 11.1 Å². The number of aromatic amines is 1. The monoisotopic (exact) mass is 458 g/mol. The number of nitrogens with one attached hydrogen (secondary N) is 1. The molecule has 1 aliphatic rings. The zero-order valence-electron chi connectivity index (χ0n) is 18.4. The minimum atomic E-state index is -0.573. The van der Waals surface area contributed by atoms with Crippen molar-refractivity contribution < 1.29 is 18.7 Å². The predicted molar refractivity (Wildman–Crippen MR) is 127 cm³/mol. The molecule has 0 bridgehead atoms. The summed E-state index contributed by atoms with van der Waals surface area (Å²) in [6.45, 7) is 1.57. The molecule has 172 valence electrons. The van der Waals surface area contributed by atoms with Crippen molar-refractivity contribution in [1.29, 1.82) is 0 Å². The number of para-hydroxylation sites is 1. The number of halogens is 1. The highest BCUT2D eigenvalue weighted by molar-refractivity contribution is 5.95. The van der Waals surface area contributed by atoms with Crippen LogP contribution < -0.4 is 4.90 Å². The quantitative estimate of drug-likeness (QED) is 0.460. The Morgan fingerprint density at radius 2 is 1.68 bits per heavy atom. The van der Waals surface area contributed by atoms with Gasteiger partial charge in [-0.2, -0.15) is 0 Å². The molecule has 0 saturated carbocycles. The number of piperazine rings is 1. The summed E-state index contributed by atoms with van der Waals surface area (Å²) in [6.07, 6.45) is 0. The number of rotatable bonds is 5. The van der Waals surface area contributed by atoms with E-state index in [-0.39, 0.29) is 18.3 Å². The van der Waals surface area contributed by atoms with Crippen molar-refractivity contribution in [1.82, 2.24) is 14.9 Å². The van der Waals surface area contributed by atoms with Crippen LogP contribution in [0.2, 0.25) is 0 Å². The number of imidazole rings is 1. The van der Waals surface area contributed by atoms with Crippen molar-refractivity contribution in [2.75, 3.05) is 37.7 Å². The maximum Gasteiger partial charge on any atom is 0.338 e. The zero-order valence-corrected chi connectivity index (χ0v) is 18.4. The second-order valence-electron chi connectivity index (χ2n) is 8.08. The third kappa shape index (κ3) is 4.47. The Labute approximate surface area is 195 Å². The lowest BCUT2D eigenvalue weighted by atomic mass is 10.2. The van der Waals surface area contributed by atoms with Gasteiger partial charge in [-0.15, -0.1) is 0 Å². The van der Waals surface area contributed by atoms with Crippen LogP contribution in [-0.4, -0.2) is 59.5 Å². The minimum absolute atomic E-state index is 0.268. The minimum Gasteiger partial charge on any atom is -0.452 e. The summed E-state index contributed by atoms with van der Waals surface area (Å²) in [5.74, 6) is -0.404. The van der Waals surface area contributed by atoms with E-state index in [0.29, 0.717) is 48.8 Å². The number of ether oxygens (including phenoxy) is 1. The Bertz CT molecular complexity index is 1330. The van der Waals surface area contributed by atoms with Gasteiger partial charge in [-0.05, 0) is 30.3 Å². The van der Waals surface area contributed by atoms with E-state index in [4.69, 9.17) is 4.74 Å². The molecule has 0 unspecified atom stereocenters. The standard InChI is InChI=1S/C26H23FN4O3/c27-20-8-4-5-9-23(20)30-12-14-31(15-13-30)24(32)17-34-26(33)19-10-11-21-22(16-19)29-25(28-21)18-6-2-1-3-7-18/h1-11,16H,12-15,17H2,(H,28,29). The van der Waals surface area contributed by atoms with E-state index >= 15 is 0 Å². The molecular formula is C26H23FN4O3. The summed E-state index contributed by atoms with van der Waals surface area (Å²) in [6, 6.07) is 21.4. The molecule has 1 saturated heterocycles. The topological polar surface area (TPSA) is 78.5 Å². The summed E-state index contributed by atoms with van der Waals surface area (Å²) in [7, 11) is 0. The number of esters is 1. The maximum atomic E-state index is 14.0. The Balaban J connectivity index is 1.17. The fourth-order valence-electron chi connectivity index (χ4n) is 4.08. The van der Waals surface area contributed by atoms with Crippen LogP contribution in [0.15, 0.2) is 72.8 Å². The largest absolute Gasteiger partial charge is 0.452 e. The summed E-state index contributed by atoms with van der Waals surface area (Å²) in [5, 5.41) is 0. The summed E-state index contributed by atoms with van der Waals surface area (Å²) in [5.41, 5.74) is 3.27. The van der Waals surface area contributed by atoms with Gasteiger partial charge in [0.05, 0.1) is 22.3 Å². The third-order valence-electron chi connectivity index (χ3n) is 5.92. The van der Waals surface area contributed by atoms with Gasteiger partial charge in [-0.3, -0.25) is 4.79 Å². The summed E-state index contributed by atoms with van der Waals surface area (Å²) in [4.78, 5) is 36.4. The van der Waals surface area contributed by atoms with Crippen LogP contribution in [0.5, 0.6) is 0 Å². The van der Waals surface area contributed by atoms with E-state index in [1.165, 1.54) is 6.07 Å². The number of carbonyl (C=O) groups excluding carboxylic acids is 2. The second kappa shape index (κ2) is 9.35. The first kappa shape index (κ1) is 21.6. The molecule has 8 heteroatoms. The molecule has 5 rings (SSSR count). The first-order chi connectivity index (χ1) is 16.6. The predicted octanol–water partition coefficient (Wildman–Crippen LogP) is 3.87. The average Bonchev–Trinajstić information content (AvgIpc) is 3.32. The van der Waals surface area contributed by atoms with Crippen molar-refractivity contribution >= 4 is 28.6 Å². The summed E-state index contributed by atoms with van der Waals surface area (Å²) < 4.78 is 19.3. The van der Waals surface area contributed by atoms with Gasteiger partial charge in [0, 0.05) is 31.7 Å². The zero-order chi connectivity index (χ0) is 23.5. The van der Waals surface area contributed by atoms with Crippen LogP contribution >= 0.6 is 0 Å². The van der Waals surface area contributed by atoms with E-state index in [1.807, 2.05) is 35.2 Å². The number of benzene rings is 3. The molecule has 0 atom stereocenters. The molecule has 1 aromatic heterocycles. The van der Waals surface area contributed by atoms with Crippen LogP contribution in [0.4, 0.5) is 10.1 Å². The average molecular weight is 458 g/mol. The highest BCUT2D eigenvalue weighted by Gasteiger charge is 2.23. The SMILES string of the molecule is O=C(OCC(=O)N1CCN(c2ccccc2F)CC1)c1ccc2nc(-c3ccccc3)[nH]c2c1. The van der Waals surface area contributed by atoms with Crippen molar-refractivity contribution in [2.45, 2.75) is 0 Å². The van der Waals surface area contributed by atoms with Crippen LogP contribution in [0, 0.1) is 5.82 Å². The number of nitrogens with zero attached hydrogens (tertiary/aromatic N) is 3. The van der Waals surface area contributed by atoms with Crippen molar-refractivity contribution in [3.8, 4) is 11.4 Å². The smallest absolute Gasteiger partial charge is 0.338 e. The highest BCUT2D eigenvalue weighted by Crippen LogP contribution is 2.22. The number of fused-ring (bicyclic) bond motifs is 1. The Kier molecular flexibility index (Phi) is 5.95. The second-order valence-corrected chi connectivity index (χ2v) is 8.08. The van der Waals surface area contributed by atoms with E-state index < -0.39 is 5.97 Å². The van der Waals surface area contributed by atoms with Gasteiger partial charge in [0.25, 0.3) is 5.91 Å². The number of H-pyrrole nitrogens is 1.